The standard InChI is InChI=1S/C27H37F2N5O2/c1-17(2)12-22(33-20-6-4-3-5-7-20)26(36)34-16-27(28,29)14-23(34)25(35)32-15-18-8-9-21-19(13-18)10-11-31-24(21)30/h8-11,13,17,20,22-23,33H,3-7,12,14-16H2,1-2H3,(H2,30,31)(H,32,35)/t22-,23+/m1/s1. The molecular weight excluding hydrogens is 464 g/mol. The number of aromatic nitrogens is 1. The zero-order valence-electron chi connectivity index (χ0n) is 21.1. The number of amides is 2. The summed E-state index contributed by atoms with van der Waals surface area (Å²) in [6.45, 7) is 3.46. The SMILES string of the molecule is CC(C)C[C@@H](NC1CCCCC1)C(=O)N1CC(F)(F)C[C@H]1C(=O)NCc1ccc2c(N)nccc2c1. The van der Waals surface area contributed by atoms with E-state index in [1.165, 1.54) is 6.42 Å². The van der Waals surface area contributed by atoms with E-state index in [0.717, 1.165) is 46.9 Å². The van der Waals surface area contributed by atoms with Gasteiger partial charge in [-0.3, -0.25) is 9.59 Å². The highest BCUT2D eigenvalue weighted by Crippen LogP contribution is 2.33. The van der Waals surface area contributed by atoms with Crippen molar-refractivity contribution in [3.05, 3.63) is 36.0 Å². The lowest BCUT2D eigenvalue weighted by atomic mass is 9.93. The molecule has 1 aliphatic heterocycles. The van der Waals surface area contributed by atoms with E-state index in [9.17, 15) is 18.4 Å². The predicted molar refractivity (Wildman–Crippen MR) is 136 cm³/mol. The molecule has 1 aromatic heterocycles. The van der Waals surface area contributed by atoms with E-state index in [2.05, 4.69) is 15.6 Å². The molecule has 1 saturated carbocycles. The van der Waals surface area contributed by atoms with E-state index in [1.807, 2.05) is 38.1 Å². The van der Waals surface area contributed by atoms with Gasteiger partial charge in [0.25, 0.3) is 5.92 Å². The van der Waals surface area contributed by atoms with Gasteiger partial charge < -0.3 is 21.3 Å². The molecule has 9 heteroatoms. The average Bonchev–Trinajstić information content (AvgIpc) is 3.17. The number of fused-ring (bicyclic) bond motifs is 1. The fourth-order valence-electron chi connectivity index (χ4n) is 5.42. The fraction of sp³-hybridized carbons (Fsp3) is 0.593. The molecule has 1 saturated heterocycles. The second-order valence-electron chi connectivity index (χ2n) is 10.7. The van der Waals surface area contributed by atoms with E-state index >= 15 is 0 Å². The van der Waals surface area contributed by atoms with Crippen LogP contribution in [0.25, 0.3) is 10.8 Å². The quantitative estimate of drug-likeness (QED) is 0.508. The van der Waals surface area contributed by atoms with Crippen LogP contribution in [0.15, 0.2) is 30.5 Å². The number of nitrogens with one attached hydrogen (secondary N) is 2. The van der Waals surface area contributed by atoms with Crippen LogP contribution in [0.5, 0.6) is 0 Å². The van der Waals surface area contributed by atoms with Crippen molar-refractivity contribution < 1.29 is 18.4 Å². The lowest BCUT2D eigenvalue weighted by molar-refractivity contribution is -0.141. The number of halogens is 2. The molecule has 1 aliphatic carbocycles. The maximum Gasteiger partial charge on any atom is 0.267 e. The normalized spacial score (nSPS) is 21.1. The molecule has 2 aliphatic rings. The summed E-state index contributed by atoms with van der Waals surface area (Å²) in [5.41, 5.74) is 6.71. The van der Waals surface area contributed by atoms with E-state index in [0.29, 0.717) is 12.2 Å². The first-order valence-corrected chi connectivity index (χ1v) is 13.0. The Hall–Kier alpha value is -2.81. The molecule has 2 heterocycles. The third-order valence-corrected chi connectivity index (χ3v) is 7.23. The van der Waals surface area contributed by atoms with E-state index in [4.69, 9.17) is 5.73 Å². The van der Waals surface area contributed by atoms with Crippen LogP contribution in [-0.2, 0) is 16.1 Å². The predicted octanol–water partition coefficient (Wildman–Crippen LogP) is 4.01. The van der Waals surface area contributed by atoms with Gasteiger partial charge in [0.15, 0.2) is 0 Å². The second-order valence-corrected chi connectivity index (χ2v) is 10.7. The van der Waals surface area contributed by atoms with Crippen LogP contribution in [-0.4, -0.2) is 52.3 Å². The van der Waals surface area contributed by atoms with E-state index in [-0.39, 0.29) is 18.5 Å². The van der Waals surface area contributed by atoms with Gasteiger partial charge >= 0.3 is 0 Å². The van der Waals surface area contributed by atoms with Gasteiger partial charge in [-0.15, -0.1) is 0 Å². The number of hydrogen-bond acceptors (Lipinski definition) is 5. The van der Waals surface area contributed by atoms with Gasteiger partial charge in [0, 0.05) is 30.6 Å². The van der Waals surface area contributed by atoms with Gasteiger partial charge in [0.2, 0.25) is 11.8 Å². The van der Waals surface area contributed by atoms with Gasteiger partial charge in [-0.2, -0.15) is 0 Å². The summed E-state index contributed by atoms with van der Waals surface area (Å²) in [6.07, 6.45) is 6.84. The van der Waals surface area contributed by atoms with Gasteiger partial charge in [0.1, 0.15) is 11.9 Å². The summed E-state index contributed by atoms with van der Waals surface area (Å²) in [5.74, 6) is -3.43. The molecule has 1 aromatic carbocycles. The van der Waals surface area contributed by atoms with Crippen molar-refractivity contribution in [1.29, 1.82) is 0 Å². The smallest absolute Gasteiger partial charge is 0.267 e. The van der Waals surface area contributed by atoms with Crippen LogP contribution < -0.4 is 16.4 Å². The van der Waals surface area contributed by atoms with Crippen molar-refractivity contribution in [1.82, 2.24) is 20.5 Å². The Morgan fingerprint density at radius 1 is 1.19 bits per heavy atom. The molecule has 2 amide bonds. The van der Waals surface area contributed by atoms with Crippen LogP contribution in [0.1, 0.15) is 64.4 Å². The fourth-order valence-corrected chi connectivity index (χ4v) is 5.42. The van der Waals surface area contributed by atoms with Crippen LogP contribution in [0.3, 0.4) is 0 Å². The maximum absolute atomic E-state index is 14.5. The largest absolute Gasteiger partial charge is 0.383 e. The number of nitrogen functional groups attached to an aromatic ring is 1. The van der Waals surface area contributed by atoms with Gasteiger partial charge in [-0.1, -0.05) is 45.2 Å². The molecule has 2 fully saturated rings. The number of anilines is 1. The van der Waals surface area contributed by atoms with Gasteiger partial charge in [-0.25, -0.2) is 13.8 Å². The van der Waals surface area contributed by atoms with Crippen molar-refractivity contribution in [2.24, 2.45) is 5.92 Å². The van der Waals surface area contributed by atoms with Crippen molar-refractivity contribution in [3.63, 3.8) is 0 Å². The average molecular weight is 502 g/mol. The molecule has 0 radical (unpaired) electrons. The zero-order chi connectivity index (χ0) is 25.9. The lowest BCUT2D eigenvalue weighted by Crippen LogP contribution is -2.54. The number of rotatable bonds is 8. The highest BCUT2D eigenvalue weighted by atomic mass is 19.3. The first kappa shape index (κ1) is 26.3. The topological polar surface area (TPSA) is 100 Å². The Bertz CT molecular complexity index is 1090. The zero-order valence-corrected chi connectivity index (χ0v) is 21.1. The number of benzene rings is 1. The summed E-state index contributed by atoms with van der Waals surface area (Å²) in [7, 11) is 0. The molecule has 2 aromatic rings. The Morgan fingerprint density at radius 3 is 2.67 bits per heavy atom. The Morgan fingerprint density at radius 2 is 1.94 bits per heavy atom. The summed E-state index contributed by atoms with van der Waals surface area (Å²) in [4.78, 5) is 31.8. The Kier molecular flexibility index (Phi) is 8.07. The number of hydrogen-bond donors (Lipinski definition) is 3. The third kappa shape index (κ3) is 6.30. The molecule has 0 bridgehead atoms. The van der Waals surface area contributed by atoms with Crippen molar-refractivity contribution in [2.45, 2.75) is 89.4 Å². The summed E-state index contributed by atoms with van der Waals surface area (Å²) in [6, 6.07) is 5.79. The summed E-state index contributed by atoms with van der Waals surface area (Å²) >= 11 is 0. The lowest BCUT2D eigenvalue weighted by Gasteiger charge is -2.33. The highest BCUT2D eigenvalue weighted by Gasteiger charge is 2.51. The number of nitrogens with zero attached hydrogens (tertiary/aromatic N) is 2. The van der Waals surface area contributed by atoms with Crippen LogP contribution in [0.2, 0.25) is 0 Å². The van der Waals surface area contributed by atoms with Gasteiger partial charge in [0.05, 0.1) is 12.6 Å². The summed E-state index contributed by atoms with van der Waals surface area (Å²) < 4.78 is 29.0. The number of alkyl halides is 2. The molecule has 2 atom stereocenters. The van der Waals surface area contributed by atoms with Crippen molar-refractivity contribution in [2.75, 3.05) is 12.3 Å². The minimum absolute atomic E-state index is 0.164. The molecule has 0 unspecified atom stereocenters. The number of carbonyl (C=O) groups excluding carboxylic acids is 2. The number of pyridine rings is 1. The molecular formula is C27H37F2N5O2. The van der Waals surface area contributed by atoms with E-state index < -0.39 is 42.8 Å². The molecule has 4 rings (SSSR count). The maximum atomic E-state index is 14.5. The van der Waals surface area contributed by atoms with Crippen LogP contribution in [0.4, 0.5) is 14.6 Å². The highest BCUT2D eigenvalue weighted by molar-refractivity contribution is 5.92. The first-order valence-electron chi connectivity index (χ1n) is 13.0. The first-order chi connectivity index (χ1) is 17.1. The summed E-state index contributed by atoms with van der Waals surface area (Å²) in [5, 5.41) is 7.90. The van der Waals surface area contributed by atoms with Gasteiger partial charge in [-0.05, 0) is 48.3 Å². The molecule has 4 N–H and O–H groups in total. The third-order valence-electron chi connectivity index (χ3n) is 7.23. The molecule has 7 nitrogen and oxygen atoms in total. The molecule has 36 heavy (non-hydrogen) atoms. The Balaban J connectivity index is 1.46. The minimum atomic E-state index is -3.10. The minimum Gasteiger partial charge on any atom is -0.383 e. The number of nitrogens with two attached hydrogens (primary N) is 1. The molecule has 0 spiro atoms. The van der Waals surface area contributed by atoms with Crippen molar-refractivity contribution >= 4 is 28.4 Å². The van der Waals surface area contributed by atoms with E-state index in [1.54, 1.807) is 6.20 Å². The monoisotopic (exact) mass is 501 g/mol. The number of carbonyl (C=O) groups is 2. The van der Waals surface area contributed by atoms with Crippen LogP contribution >= 0.6 is 0 Å². The second kappa shape index (κ2) is 11.1. The number of likely N-dealkylation sites (tertiary alicyclic amines) is 1. The Labute approximate surface area is 211 Å². The molecule has 196 valence electrons. The van der Waals surface area contributed by atoms with Crippen LogP contribution in [0, 0.1) is 5.92 Å². The van der Waals surface area contributed by atoms with Crippen molar-refractivity contribution in [3.8, 4) is 0 Å².